The van der Waals surface area contributed by atoms with Crippen molar-refractivity contribution in [2.45, 2.75) is 18.3 Å². The highest BCUT2D eigenvalue weighted by molar-refractivity contribution is 9.09. The second-order valence-corrected chi connectivity index (χ2v) is 4.74. The third-order valence-corrected chi connectivity index (χ3v) is 2.75. The van der Waals surface area contributed by atoms with Crippen molar-refractivity contribution in [2.24, 2.45) is 0 Å². The minimum atomic E-state index is 0.328. The highest BCUT2D eigenvalue weighted by atomic mass is 79.9. The largest absolute Gasteiger partial charge is 0.383 e. The van der Waals surface area contributed by atoms with Crippen LogP contribution >= 0.6 is 15.9 Å². The molecular formula is C10H18BrN3O. The van der Waals surface area contributed by atoms with Crippen LogP contribution in [0.3, 0.4) is 0 Å². The molecule has 0 spiro atoms. The zero-order chi connectivity index (χ0) is 11.3. The molecule has 5 heteroatoms. The minimum absolute atomic E-state index is 0.328. The SMILES string of the molecule is CCn1ccnc1N(C)CC(Br)COC. The van der Waals surface area contributed by atoms with Crippen molar-refractivity contribution >= 4 is 21.9 Å². The number of hydrogen-bond donors (Lipinski definition) is 0. The molecule has 0 aromatic carbocycles. The number of aromatic nitrogens is 2. The van der Waals surface area contributed by atoms with Crippen LogP contribution in [0, 0.1) is 0 Å². The Hall–Kier alpha value is -0.550. The van der Waals surface area contributed by atoms with Gasteiger partial charge < -0.3 is 14.2 Å². The van der Waals surface area contributed by atoms with E-state index in [1.165, 1.54) is 0 Å². The summed E-state index contributed by atoms with van der Waals surface area (Å²) in [7, 11) is 3.75. The van der Waals surface area contributed by atoms with Crippen LogP contribution in [-0.2, 0) is 11.3 Å². The highest BCUT2D eigenvalue weighted by Crippen LogP contribution is 2.12. The van der Waals surface area contributed by atoms with Gasteiger partial charge in [0.15, 0.2) is 0 Å². The highest BCUT2D eigenvalue weighted by Gasteiger charge is 2.11. The van der Waals surface area contributed by atoms with Crippen LogP contribution in [0.2, 0.25) is 0 Å². The van der Waals surface area contributed by atoms with Gasteiger partial charge in [-0.1, -0.05) is 15.9 Å². The Morgan fingerprint density at radius 2 is 2.40 bits per heavy atom. The van der Waals surface area contributed by atoms with Gasteiger partial charge in [0, 0.05) is 39.6 Å². The van der Waals surface area contributed by atoms with Crippen LogP contribution < -0.4 is 4.90 Å². The quantitative estimate of drug-likeness (QED) is 0.741. The van der Waals surface area contributed by atoms with Gasteiger partial charge in [0.2, 0.25) is 5.95 Å². The molecule has 0 fully saturated rings. The van der Waals surface area contributed by atoms with Gasteiger partial charge in [0.25, 0.3) is 0 Å². The number of anilines is 1. The van der Waals surface area contributed by atoms with Crippen molar-refractivity contribution < 1.29 is 4.74 Å². The third kappa shape index (κ3) is 3.50. The molecule has 0 bridgehead atoms. The molecule has 0 amide bonds. The van der Waals surface area contributed by atoms with Crippen LogP contribution in [-0.4, -0.2) is 41.7 Å². The Morgan fingerprint density at radius 3 is 3.00 bits per heavy atom. The number of ether oxygens (including phenoxy) is 1. The van der Waals surface area contributed by atoms with Gasteiger partial charge in [0.1, 0.15) is 0 Å². The van der Waals surface area contributed by atoms with Gasteiger partial charge in [-0.2, -0.15) is 0 Å². The normalized spacial score (nSPS) is 12.8. The van der Waals surface area contributed by atoms with Gasteiger partial charge in [-0.05, 0) is 6.92 Å². The van der Waals surface area contributed by atoms with Crippen LogP contribution in [0.25, 0.3) is 0 Å². The van der Waals surface area contributed by atoms with Crippen molar-refractivity contribution in [3.05, 3.63) is 12.4 Å². The molecule has 4 nitrogen and oxygen atoms in total. The summed E-state index contributed by atoms with van der Waals surface area (Å²) < 4.78 is 7.20. The van der Waals surface area contributed by atoms with E-state index in [9.17, 15) is 0 Å². The fourth-order valence-electron chi connectivity index (χ4n) is 1.50. The first-order valence-electron chi connectivity index (χ1n) is 5.04. The summed E-state index contributed by atoms with van der Waals surface area (Å²) in [6.45, 7) is 4.64. The maximum absolute atomic E-state index is 5.08. The van der Waals surface area contributed by atoms with Crippen LogP contribution in [0.15, 0.2) is 12.4 Å². The first kappa shape index (κ1) is 12.5. The van der Waals surface area contributed by atoms with Crippen molar-refractivity contribution in [1.29, 1.82) is 0 Å². The average molecular weight is 276 g/mol. The lowest BCUT2D eigenvalue weighted by Gasteiger charge is -2.21. The van der Waals surface area contributed by atoms with E-state index in [1.807, 2.05) is 19.4 Å². The topological polar surface area (TPSA) is 30.3 Å². The monoisotopic (exact) mass is 275 g/mol. The van der Waals surface area contributed by atoms with Gasteiger partial charge in [-0.3, -0.25) is 0 Å². The molecule has 1 rings (SSSR count). The lowest BCUT2D eigenvalue weighted by molar-refractivity contribution is 0.201. The Labute approximate surface area is 99.4 Å². The Morgan fingerprint density at radius 1 is 1.67 bits per heavy atom. The summed E-state index contributed by atoms with van der Waals surface area (Å²) in [6.07, 6.45) is 3.82. The van der Waals surface area contributed by atoms with Gasteiger partial charge in [0.05, 0.1) is 11.4 Å². The molecule has 1 aromatic rings. The molecular weight excluding hydrogens is 258 g/mol. The molecule has 1 aromatic heterocycles. The number of halogens is 1. The van der Waals surface area contributed by atoms with E-state index in [1.54, 1.807) is 7.11 Å². The van der Waals surface area contributed by atoms with Crippen LogP contribution in [0.5, 0.6) is 0 Å². The molecule has 1 heterocycles. The molecule has 15 heavy (non-hydrogen) atoms. The van der Waals surface area contributed by atoms with Gasteiger partial charge in [-0.25, -0.2) is 4.98 Å². The van der Waals surface area contributed by atoms with Crippen molar-refractivity contribution in [3.8, 4) is 0 Å². The lowest BCUT2D eigenvalue weighted by atomic mass is 10.4. The fourth-order valence-corrected chi connectivity index (χ4v) is 2.20. The molecule has 0 radical (unpaired) electrons. The van der Waals surface area contributed by atoms with Crippen LogP contribution in [0.4, 0.5) is 5.95 Å². The second-order valence-electron chi connectivity index (χ2n) is 3.45. The van der Waals surface area contributed by atoms with E-state index in [-0.39, 0.29) is 0 Å². The molecule has 0 aliphatic heterocycles. The summed E-state index contributed by atoms with van der Waals surface area (Å²) in [5, 5.41) is 0. The number of methoxy groups -OCH3 is 1. The zero-order valence-electron chi connectivity index (χ0n) is 9.48. The van der Waals surface area contributed by atoms with E-state index >= 15 is 0 Å². The molecule has 0 saturated heterocycles. The summed E-state index contributed by atoms with van der Waals surface area (Å²) in [4.78, 5) is 6.78. The summed E-state index contributed by atoms with van der Waals surface area (Å²) in [5.41, 5.74) is 0. The van der Waals surface area contributed by atoms with Crippen molar-refractivity contribution in [1.82, 2.24) is 9.55 Å². The second kappa shape index (κ2) is 6.12. The Kier molecular flexibility index (Phi) is 5.11. The van der Waals surface area contributed by atoms with E-state index in [4.69, 9.17) is 4.74 Å². The predicted octanol–water partition coefficient (Wildman–Crippen LogP) is 1.75. The van der Waals surface area contributed by atoms with E-state index in [0.717, 1.165) is 19.0 Å². The molecule has 1 unspecified atom stereocenters. The number of alkyl halides is 1. The fraction of sp³-hybridized carbons (Fsp3) is 0.700. The smallest absolute Gasteiger partial charge is 0.205 e. The zero-order valence-corrected chi connectivity index (χ0v) is 11.1. The first-order valence-corrected chi connectivity index (χ1v) is 5.95. The molecule has 1 atom stereocenters. The van der Waals surface area contributed by atoms with Crippen molar-refractivity contribution in [3.63, 3.8) is 0 Å². The minimum Gasteiger partial charge on any atom is -0.383 e. The average Bonchev–Trinajstić information content (AvgIpc) is 2.65. The van der Waals surface area contributed by atoms with E-state index < -0.39 is 0 Å². The van der Waals surface area contributed by atoms with Gasteiger partial charge >= 0.3 is 0 Å². The van der Waals surface area contributed by atoms with E-state index in [2.05, 4.69) is 37.3 Å². The summed E-state index contributed by atoms with van der Waals surface area (Å²) in [6, 6.07) is 0. The predicted molar refractivity (Wildman–Crippen MR) is 65.8 cm³/mol. The van der Waals surface area contributed by atoms with Crippen molar-refractivity contribution in [2.75, 3.05) is 32.2 Å². The van der Waals surface area contributed by atoms with Crippen LogP contribution in [0.1, 0.15) is 6.92 Å². The summed E-state index contributed by atoms with van der Waals surface area (Å²) >= 11 is 3.57. The maximum atomic E-state index is 5.08. The molecule has 0 aliphatic carbocycles. The number of imidazole rings is 1. The number of hydrogen-bond acceptors (Lipinski definition) is 3. The number of aryl methyl sites for hydroxylation is 1. The number of rotatable bonds is 6. The summed E-state index contributed by atoms with van der Waals surface area (Å²) in [5.74, 6) is 0.998. The first-order chi connectivity index (χ1) is 7.19. The number of nitrogens with zero attached hydrogens (tertiary/aromatic N) is 3. The molecule has 0 N–H and O–H groups in total. The Bertz CT molecular complexity index is 290. The molecule has 0 saturated carbocycles. The maximum Gasteiger partial charge on any atom is 0.205 e. The molecule has 86 valence electrons. The van der Waals surface area contributed by atoms with E-state index in [0.29, 0.717) is 11.4 Å². The third-order valence-electron chi connectivity index (χ3n) is 2.20. The Balaban J connectivity index is 2.56. The standard InChI is InChI=1S/C10H18BrN3O/c1-4-14-6-5-12-10(14)13(2)7-9(11)8-15-3/h5-6,9H,4,7-8H2,1-3H3. The lowest BCUT2D eigenvalue weighted by Crippen LogP contribution is -2.30. The molecule has 0 aliphatic rings. The van der Waals surface area contributed by atoms with Gasteiger partial charge in [-0.15, -0.1) is 0 Å².